The van der Waals surface area contributed by atoms with Gasteiger partial charge >= 0.3 is 99.1 Å². The largest absolute Gasteiger partial charge is 1.00 e. The number of rotatable bonds is 7. The standard InChI is InChI=1S/C16H10O20S6.3Na/c17-12-10-7(38(21,22)23)3-6(37(18,19)20)4-1-2-5-9(8(4)10)11(14(12)39(24,25)26)15(40(27,28)29)16(41(30,31)32)13(5)36-42(33,34)35;;;/h1-3,17H,(H,18,19,20)(H,21,22,23)(H,24,25,26)(H,27,28,29)(H,30,31,32)(H,33,34,35);;;/q;3*+1/p-3. The average Bonchev–Trinajstić information content (AvgIpc) is 2.73. The fourth-order valence-corrected chi connectivity index (χ4v) is 9.28. The molecule has 0 aliphatic heterocycles. The van der Waals surface area contributed by atoms with Gasteiger partial charge in [-0.15, -0.1) is 0 Å². The summed E-state index contributed by atoms with van der Waals surface area (Å²) < 4.78 is 215. The van der Waals surface area contributed by atoms with Gasteiger partial charge in [0.15, 0.2) is 10.6 Å². The zero-order valence-corrected chi connectivity index (χ0v) is 32.9. The molecule has 0 saturated heterocycles. The molecule has 0 saturated carbocycles. The Morgan fingerprint density at radius 1 is 0.533 bits per heavy atom. The molecular formula is C16H7Na3O20S6. The minimum absolute atomic E-state index is 0. The summed E-state index contributed by atoms with van der Waals surface area (Å²) in [5.74, 6) is -4.12. The Kier molecular flexibility index (Phi) is 12.4. The van der Waals surface area contributed by atoms with E-state index in [1.807, 2.05) is 0 Å². The van der Waals surface area contributed by atoms with E-state index in [0.29, 0.717) is 12.1 Å². The Balaban J connectivity index is 0.00000337. The van der Waals surface area contributed by atoms with E-state index in [9.17, 15) is 82.9 Å². The van der Waals surface area contributed by atoms with E-state index in [1.165, 1.54) is 0 Å². The molecule has 0 heterocycles. The van der Waals surface area contributed by atoms with Crippen LogP contribution < -0.4 is 92.9 Å². The van der Waals surface area contributed by atoms with Crippen molar-refractivity contribution in [2.75, 3.05) is 0 Å². The summed E-state index contributed by atoms with van der Waals surface area (Å²) in [6, 6.07) is 0.633. The van der Waals surface area contributed by atoms with Gasteiger partial charge in [0, 0.05) is 32.3 Å². The Bertz CT molecular complexity index is 2580. The summed E-state index contributed by atoms with van der Waals surface area (Å²) in [5, 5.41) is 2.19. The van der Waals surface area contributed by atoms with Crippen molar-refractivity contribution >= 4 is 93.3 Å². The molecular weight excluding hydrogens is 774 g/mol. The van der Waals surface area contributed by atoms with Crippen molar-refractivity contribution in [3.05, 3.63) is 18.2 Å². The molecule has 0 amide bonds. The zero-order chi connectivity index (χ0) is 32.3. The fraction of sp³-hybridized carbons (Fsp3) is 0. The van der Waals surface area contributed by atoms with Crippen LogP contribution in [0.4, 0.5) is 0 Å². The normalized spacial score (nSPS) is 13.3. The second-order valence-corrected chi connectivity index (χ2v) is 15.8. The third kappa shape index (κ3) is 7.75. The summed E-state index contributed by atoms with van der Waals surface area (Å²) >= 11 is 0. The first-order valence-electron chi connectivity index (χ1n) is 9.65. The average molecular weight is 781 g/mol. The summed E-state index contributed by atoms with van der Waals surface area (Å²) in [6.45, 7) is 0. The third-order valence-electron chi connectivity index (χ3n) is 5.54. The summed E-state index contributed by atoms with van der Waals surface area (Å²) in [7, 11) is -37.0. The van der Waals surface area contributed by atoms with Gasteiger partial charge in [-0.25, -0.2) is 25.3 Å². The predicted molar refractivity (Wildman–Crippen MR) is 128 cm³/mol. The molecule has 0 bridgehead atoms. The monoisotopic (exact) mass is 780 g/mol. The molecule has 29 heteroatoms. The van der Waals surface area contributed by atoms with Crippen LogP contribution in [0.3, 0.4) is 0 Å². The van der Waals surface area contributed by atoms with Gasteiger partial charge < -0.3 is 22.9 Å². The van der Waals surface area contributed by atoms with E-state index < -0.39 is 129 Å². The van der Waals surface area contributed by atoms with Crippen molar-refractivity contribution in [2.45, 2.75) is 24.5 Å². The number of hydrogen-bond acceptors (Lipinski definition) is 17. The predicted octanol–water partition coefficient (Wildman–Crippen LogP) is -10.3. The van der Waals surface area contributed by atoms with Gasteiger partial charge in [-0.2, -0.15) is 25.3 Å². The van der Waals surface area contributed by atoms with Gasteiger partial charge in [0.25, 0.3) is 20.2 Å². The minimum Gasteiger partial charge on any atom is -0.744 e. The molecule has 20 nitrogen and oxygen atoms in total. The van der Waals surface area contributed by atoms with Gasteiger partial charge in [0.1, 0.15) is 41.0 Å². The maximum atomic E-state index is 12.4. The number of aromatic hydroxyl groups is 1. The molecule has 4 rings (SSSR count). The van der Waals surface area contributed by atoms with E-state index in [1.54, 1.807) is 0 Å². The second-order valence-electron chi connectivity index (χ2n) is 8.02. The Labute approximate surface area is 319 Å². The van der Waals surface area contributed by atoms with Crippen molar-refractivity contribution in [1.82, 2.24) is 0 Å². The topological polar surface area (TPSA) is 364 Å². The SMILES string of the molecule is O=S(=O)(O)Oc1c(S(=O)(=O)O)c(S(=O)(=O)[O-])c2c(S(=O)(=O)O)c(O)c3c(S(=O)(=O)[O-])cc(S(=O)(=O)[O-])c4ccc1c2c43.[Na+].[Na+].[Na+]. The van der Waals surface area contributed by atoms with Crippen LogP contribution in [0.25, 0.3) is 32.3 Å². The molecule has 0 spiro atoms. The summed E-state index contributed by atoms with van der Waals surface area (Å²) in [5.41, 5.74) is 0. The van der Waals surface area contributed by atoms with Crippen LogP contribution in [-0.2, 0) is 61.0 Å². The van der Waals surface area contributed by atoms with E-state index >= 15 is 0 Å². The van der Waals surface area contributed by atoms with Crippen molar-refractivity contribution in [3.8, 4) is 11.5 Å². The Morgan fingerprint density at radius 2 is 0.956 bits per heavy atom. The van der Waals surface area contributed by atoms with Crippen LogP contribution >= 0.6 is 0 Å². The molecule has 0 fully saturated rings. The summed E-state index contributed by atoms with van der Waals surface area (Å²) in [6.07, 6.45) is 0. The van der Waals surface area contributed by atoms with Gasteiger partial charge in [-0.1, -0.05) is 6.07 Å². The third-order valence-corrected chi connectivity index (χ3v) is 10.5. The first-order valence-corrected chi connectivity index (χ1v) is 18.1. The maximum absolute atomic E-state index is 12.4. The zero-order valence-electron chi connectivity index (χ0n) is 22.0. The van der Waals surface area contributed by atoms with Crippen molar-refractivity contribution < 1.29 is 176 Å². The molecule has 230 valence electrons. The van der Waals surface area contributed by atoms with Crippen molar-refractivity contribution in [3.63, 3.8) is 0 Å². The van der Waals surface area contributed by atoms with E-state index in [0.717, 1.165) is 0 Å². The van der Waals surface area contributed by atoms with E-state index in [4.69, 9.17) is 0 Å². The second kappa shape index (κ2) is 13.0. The molecule has 0 aromatic heterocycles. The van der Waals surface area contributed by atoms with Gasteiger partial charge in [-0.05, 0) is 12.1 Å². The van der Waals surface area contributed by atoms with Crippen LogP contribution in [0.1, 0.15) is 0 Å². The smallest absolute Gasteiger partial charge is 0.744 e. The molecule has 45 heavy (non-hydrogen) atoms. The first-order chi connectivity index (χ1) is 18.6. The first kappa shape index (κ1) is 43.0. The van der Waals surface area contributed by atoms with E-state index in [2.05, 4.69) is 4.18 Å². The van der Waals surface area contributed by atoms with Crippen LogP contribution in [0, 0.1) is 0 Å². The van der Waals surface area contributed by atoms with Gasteiger partial charge in [0.2, 0.25) is 0 Å². The molecule has 0 atom stereocenters. The quantitative estimate of drug-likeness (QED) is 0.0768. The van der Waals surface area contributed by atoms with Crippen molar-refractivity contribution in [1.29, 1.82) is 0 Å². The Hall–Kier alpha value is -0.0200. The van der Waals surface area contributed by atoms with Gasteiger partial charge in [-0.3, -0.25) is 13.7 Å². The molecule has 0 aliphatic rings. The fourth-order valence-electron chi connectivity index (χ4n) is 4.36. The van der Waals surface area contributed by atoms with Crippen LogP contribution in [0.2, 0.25) is 0 Å². The number of benzene rings is 4. The molecule has 0 radical (unpaired) electrons. The molecule has 0 aliphatic carbocycles. The molecule has 4 N–H and O–H groups in total. The van der Waals surface area contributed by atoms with Crippen molar-refractivity contribution in [2.24, 2.45) is 0 Å². The molecule has 0 unspecified atom stereocenters. The molecule has 4 aromatic carbocycles. The van der Waals surface area contributed by atoms with E-state index in [-0.39, 0.29) is 94.7 Å². The maximum Gasteiger partial charge on any atom is 1.00 e. The Morgan fingerprint density at radius 3 is 1.33 bits per heavy atom. The van der Waals surface area contributed by atoms with Crippen LogP contribution in [0.5, 0.6) is 11.5 Å². The molecule has 4 aromatic rings. The van der Waals surface area contributed by atoms with Gasteiger partial charge in [0.05, 0.1) is 14.7 Å². The number of phenolic OH excluding ortho intramolecular Hbond substituents is 1. The van der Waals surface area contributed by atoms with Crippen LogP contribution in [0.15, 0.2) is 42.7 Å². The number of hydrogen-bond donors (Lipinski definition) is 4. The number of phenols is 1. The summed E-state index contributed by atoms with van der Waals surface area (Å²) in [4.78, 5) is -10.7. The minimum atomic E-state index is -6.59. The van der Waals surface area contributed by atoms with Crippen LogP contribution in [-0.4, -0.2) is 82.9 Å².